The summed E-state index contributed by atoms with van der Waals surface area (Å²) in [6.07, 6.45) is -0.583. The molecule has 4 rings (SSSR count). The van der Waals surface area contributed by atoms with Crippen LogP contribution in [0.4, 0.5) is 0 Å². The van der Waals surface area contributed by atoms with E-state index in [9.17, 15) is 10.2 Å². The van der Waals surface area contributed by atoms with Crippen molar-refractivity contribution in [1.82, 2.24) is 0 Å². The lowest BCUT2D eigenvalue weighted by atomic mass is 9.89. The van der Waals surface area contributed by atoms with Crippen molar-refractivity contribution in [3.8, 4) is 28.7 Å². The summed E-state index contributed by atoms with van der Waals surface area (Å²) in [5, 5.41) is 19.5. The van der Waals surface area contributed by atoms with Gasteiger partial charge in [-0.1, -0.05) is 6.07 Å². The SMILES string of the molecule is COc1cc(O[C@H]2OCC3C(c4ccc(O)c(OC)c4)OC[C@@H]32)ccc1O. The highest BCUT2D eigenvalue weighted by Gasteiger charge is 2.49. The third-order valence-corrected chi connectivity index (χ3v) is 5.15. The Morgan fingerprint density at radius 2 is 1.52 bits per heavy atom. The molecule has 2 unspecified atom stereocenters. The molecule has 2 heterocycles. The van der Waals surface area contributed by atoms with E-state index >= 15 is 0 Å². The van der Waals surface area contributed by atoms with Gasteiger partial charge in [0, 0.05) is 12.0 Å². The van der Waals surface area contributed by atoms with E-state index in [4.69, 9.17) is 23.7 Å². The second-order valence-electron chi connectivity index (χ2n) is 6.67. The van der Waals surface area contributed by atoms with Gasteiger partial charge in [0.15, 0.2) is 23.0 Å². The summed E-state index contributed by atoms with van der Waals surface area (Å²) in [6.45, 7) is 1.02. The van der Waals surface area contributed by atoms with Gasteiger partial charge in [-0.05, 0) is 29.8 Å². The summed E-state index contributed by atoms with van der Waals surface area (Å²) >= 11 is 0. The van der Waals surface area contributed by atoms with Crippen LogP contribution in [0.25, 0.3) is 0 Å². The van der Waals surface area contributed by atoms with Crippen LogP contribution in [0.5, 0.6) is 28.7 Å². The van der Waals surface area contributed by atoms with E-state index in [0.29, 0.717) is 30.5 Å². The number of hydrogen-bond acceptors (Lipinski definition) is 7. The predicted octanol–water partition coefficient (Wildman–Crippen LogP) is 2.85. The highest BCUT2D eigenvalue weighted by molar-refractivity contribution is 5.45. The third-order valence-electron chi connectivity index (χ3n) is 5.15. The molecule has 0 spiro atoms. The number of rotatable bonds is 5. The second kappa shape index (κ2) is 7.17. The van der Waals surface area contributed by atoms with E-state index in [-0.39, 0.29) is 29.4 Å². The minimum Gasteiger partial charge on any atom is -0.504 e. The van der Waals surface area contributed by atoms with Gasteiger partial charge in [0.25, 0.3) is 0 Å². The van der Waals surface area contributed by atoms with Crippen molar-refractivity contribution in [3.63, 3.8) is 0 Å². The molecule has 2 N–H and O–H groups in total. The Morgan fingerprint density at radius 3 is 2.26 bits per heavy atom. The lowest BCUT2D eigenvalue weighted by Crippen LogP contribution is -2.26. The number of phenolic OH excluding ortho intramolecular Hbond substituents is 2. The molecule has 2 aliphatic rings. The maximum Gasteiger partial charge on any atom is 0.205 e. The fourth-order valence-electron chi connectivity index (χ4n) is 3.71. The quantitative estimate of drug-likeness (QED) is 0.832. The normalized spacial score (nSPS) is 26.6. The monoisotopic (exact) mass is 374 g/mol. The molecule has 2 aromatic rings. The van der Waals surface area contributed by atoms with Gasteiger partial charge in [-0.3, -0.25) is 0 Å². The van der Waals surface area contributed by atoms with Crippen LogP contribution >= 0.6 is 0 Å². The van der Waals surface area contributed by atoms with Crippen LogP contribution < -0.4 is 14.2 Å². The Kier molecular flexibility index (Phi) is 4.72. The lowest BCUT2D eigenvalue weighted by molar-refractivity contribution is -0.0788. The van der Waals surface area contributed by atoms with Gasteiger partial charge in [-0.15, -0.1) is 0 Å². The number of benzene rings is 2. The zero-order valence-corrected chi connectivity index (χ0v) is 15.1. The van der Waals surface area contributed by atoms with Gasteiger partial charge in [0.2, 0.25) is 6.29 Å². The minimum absolute atomic E-state index is 0.0561. The average molecular weight is 374 g/mol. The Morgan fingerprint density at radius 1 is 0.852 bits per heavy atom. The first-order valence-corrected chi connectivity index (χ1v) is 8.74. The molecular formula is C20H22O7. The maximum atomic E-state index is 9.80. The van der Waals surface area contributed by atoms with E-state index in [1.807, 2.05) is 6.07 Å². The number of methoxy groups -OCH3 is 2. The molecule has 2 aliphatic heterocycles. The first-order chi connectivity index (χ1) is 13.1. The standard InChI is InChI=1S/C20H22O7/c1-23-17-7-11(3-5-15(17)21)19-13-9-26-20(14(13)10-25-19)27-12-4-6-16(22)18(8-12)24-2/h3-8,13-14,19-22H,9-10H2,1-2H3/t13?,14-,19?,20+/m0/s1. The summed E-state index contributed by atoms with van der Waals surface area (Å²) < 4.78 is 28.2. The molecule has 0 radical (unpaired) electrons. The van der Waals surface area contributed by atoms with Crippen molar-refractivity contribution in [2.75, 3.05) is 27.4 Å². The van der Waals surface area contributed by atoms with Crippen LogP contribution in [-0.4, -0.2) is 43.9 Å². The van der Waals surface area contributed by atoms with Crippen molar-refractivity contribution in [2.24, 2.45) is 11.8 Å². The van der Waals surface area contributed by atoms with Crippen LogP contribution in [0.2, 0.25) is 0 Å². The number of fused-ring (bicyclic) bond motifs is 1. The minimum atomic E-state index is -0.437. The fraction of sp³-hybridized carbons (Fsp3) is 0.400. The summed E-state index contributed by atoms with van der Waals surface area (Å²) in [4.78, 5) is 0. The molecule has 144 valence electrons. The van der Waals surface area contributed by atoms with Crippen LogP contribution in [0.1, 0.15) is 11.7 Å². The van der Waals surface area contributed by atoms with E-state index in [1.54, 1.807) is 24.3 Å². The molecular weight excluding hydrogens is 352 g/mol. The van der Waals surface area contributed by atoms with E-state index < -0.39 is 6.29 Å². The van der Waals surface area contributed by atoms with Gasteiger partial charge in [-0.25, -0.2) is 0 Å². The number of aromatic hydroxyl groups is 2. The molecule has 2 fully saturated rings. The lowest BCUT2D eigenvalue weighted by Gasteiger charge is -2.18. The van der Waals surface area contributed by atoms with Crippen LogP contribution in [0, 0.1) is 11.8 Å². The van der Waals surface area contributed by atoms with Crippen molar-refractivity contribution in [3.05, 3.63) is 42.0 Å². The molecule has 0 saturated carbocycles. The molecule has 0 aliphatic carbocycles. The van der Waals surface area contributed by atoms with Gasteiger partial charge in [0.1, 0.15) is 5.75 Å². The smallest absolute Gasteiger partial charge is 0.205 e. The molecule has 0 amide bonds. The molecule has 2 aromatic carbocycles. The first-order valence-electron chi connectivity index (χ1n) is 8.74. The van der Waals surface area contributed by atoms with Crippen molar-refractivity contribution in [2.45, 2.75) is 12.4 Å². The van der Waals surface area contributed by atoms with Crippen molar-refractivity contribution < 1.29 is 33.9 Å². The van der Waals surface area contributed by atoms with Crippen LogP contribution in [0.3, 0.4) is 0 Å². The summed E-state index contributed by atoms with van der Waals surface area (Å²) in [5.41, 5.74) is 0.938. The summed E-state index contributed by atoms with van der Waals surface area (Å²) in [7, 11) is 3.01. The molecule has 7 nitrogen and oxygen atoms in total. The first kappa shape index (κ1) is 17.8. The topological polar surface area (TPSA) is 86.6 Å². The molecule has 7 heteroatoms. The number of ether oxygens (including phenoxy) is 5. The second-order valence-corrected chi connectivity index (χ2v) is 6.67. The zero-order chi connectivity index (χ0) is 19.0. The number of phenols is 2. The van der Waals surface area contributed by atoms with Gasteiger partial charge >= 0.3 is 0 Å². The van der Waals surface area contributed by atoms with E-state index in [0.717, 1.165) is 5.56 Å². The van der Waals surface area contributed by atoms with Gasteiger partial charge < -0.3 is 33.9 Å². The molecule has 2 saturated heterocycles. The zero-order valence-electron chi connectivity index (χ0n) is 15.1. The highest BCUT2D eigenvalue weighted by atomic mass is 16.7. The summed E-state index contributed by atoms with van der Waals surface area (Å²) in [5.74, 6) is 1.70. The molecule has 4 atom stereocenters. The van der Waals surface area contributed by atoms with Crippen molar-refractivity contribution in [1.29, 1.82) is 0 Å². The third kappa shape index (κ3) is 3.24. The Balaban J connectivity index is 1.49. The predicted molar refractivity (Wildman–Crippen MR) is 95.4 cm³/mol. The van der Waals surface area contributed by atoms with Crippen molar-refractivity contribution >= 4 is 0 Å². The largest absolute Gasteiger partial charge is 0.504 e. The molecule has 0 aromatic heterocycles. The van der Waals surface area contributed by atoms with Crippen LogP contribution in [0.15, 0.2) is 36.4 Å². The van der Waals surface area contributed by atoms with Gasteiger partial charge in [0.05, 0.1) is 39.5 Å². The van der Waals surface area contributed by atoms with Crippen LogP contribution in [-0.2, 0) is 9.47 Å². The van der Waals surface area contributed by atoms with E-state index in [1.165, 1.54) is 20.3 Å². The number of hydrogen-bond donors (Lipinski definition) is 2. The Hall–Kier alpha value is -2.64. The maximum absolute atomic E-state index is 9.80. The summed E-state index contributed by atoms with van der Waals surface area (Å²) in [6, 6.07) is 10.1. The Bertz CT molecular complexity index is 822. The van der Waals surface area contributed by atoms with Gasteiger partial charge in [-0.2, -0.15) is 0 Å². The Labute approximate surface area is 157 Å². The van der Waals surface area contributed by atoms with E-state index in [2.05, 4.69) is 0 Å². The fourth-order valence-corrected chi connectivity index (χ4v) is 3.71. The molecule has 0 bridgehead atoms. The molecule has 27 heavy (non-hydrogen) atoms. The highest BCUT2D eigenvalue weighted by Crippen LogP contribution is 2.46. The average Bonchev–Trinajstić information content (AvgIpc) is 3.27.